The van der Waals surface area contributed by atoms with Crippen molar-refractivity contribution in [2.24, 2.45) is 7.05 Å². The average molecular weight is 1670 g/mol. The third kappa shape index (κ3) is 19.6. The summed E-state index contributed by atoms with van der Waals surface area (Å²) in [5, 5.41) is 0. The molecule has 0 saturated carbocycles. The number of aromatic nitrogens is 3. The third-order valence-electron chi connectivity index (χ3n) is 26.2. The van der Waals surface area contributed by atoms with Crippen LogP contribution in [-0.2, 0) is 50.4 Å². The second-order valence-electron chi connectivity index (χ2n) is 44.4. The summed E-state index contributed by atoms with van der Waals surface area (Å²) in [5.74, 6) is 0.766. The van der Waals surface area contributed by atoms with E-state index in [2.05, 4.69) is 506 Å². The maximum Gasteiger partial charge on any atom is 0.158 e. The van der Waals surface area contributed by atoms with E-state index in [-0.39, 0.29) is 43.3 Å². The molecule has 14 aromatic carbocycles. The minimum absolute atomic E-state index is 0.00598. The number of hydrogen-bond donors (Lipinski definition) is 0. The molecular formula is C125H129N3. The van der Waals surface area contributed by atoms with Gasteiger partial charge in [-0.05, 0) is 342 Å². The summed E-state index contributed by atoms with van der Waals surface area (Å²) >= 11 is 0. The molecule has 0 aliphatic heterocycles. The molecule has 0 unspecified atom stereocenters. The molecule has 16 aromatic rings. The third-order valence-corrected chi connectivity index (χ3v) is 26.2. The highest BCUT2D eigenvalue weighted by molar-refractivity contribution is 5.92. The van der Waals surface area contributed by atoms with E-state index in [0.717, 1.165) is 123 Å². The SMILES string of the molecule is Cn1c(-c2cc(-c3cc(-c4ccc(C(C)(C)C)cc4)cc(-c4ccc(C(C)(C)C)cc4)c3)cc(-c3cc(-c4ccc(C(C)(C)C)cc4)cc(-c4ccc(C(C)(C)C)cc4)c3)c2)cnc1-c1ccc(-c2cc(-c3cc(-c4ccc(C(C)(C)C)cc4)cc(-c4ccc(C(C)(C)C)cc4)c3)cc(-c3cc(-c4ccc(C(C)(C)C)cc4)cc(-c4ccc(C(C)(C)C)cc4)c3)c2)cn1. The van der Waals surface area contributed by atoms with Crippen molar-refractivity contribution in [3.8, 4) is 167 Å². The molecular weight excluding hydrogens is 1540 g/mol. The van der Waals surface area contributed by atoms with E-state index in [1.807, 2.05) is 0 Å². The average Bonchev–Trinajstić information content (AvgIpc) is 1.22. The van der Waals surface area contributed by atoms with E-state index in [0.29, 0.717) is 0 Å². The second kappa shape index (κ2) is 33.9. The molecule has 0 radical (unpaired) electrons. The lowest BCUT2D eigenvalue weighted by atomic mass is 9.84. The molecule has 3 heteroatoms. The summed E-state index contributed by atoms with van der Waals surface area (Å²) in [6, 6.07) is 121. The van der Waals surface area contributed by atoms with Gasteiger partial charge in [-0.25, -0.2) is 4.98 Å². The molecule has 0 aliphatic carbocycles. The predicted molar refractivity (Wildman–Crippen MR) is 552 cm³/mol. The van der Waals surface area contributed by atoms with Gasteiger partial charge in [0, 0.05) is 24.4 Å². The number of rotatable bonds is 15. The Balaban J connectivity index is 0.870. The number of hydrogen-bond acceptors (Lipinski definition) is 2. The molecule has 0 fully saturated rings. The molecule has 16 rings (SSSR count). The summed E-state index contributed by atoms with van der Waals surface area (Å²) in [7, 11) is 2.15. The maximum absolute atomic E-state index is 5.49. The quantitative estimate of drug-likeness (QED) is 0.102. The van der Waals surface area contributed by atoms with Crippen LogP contribution in [0, 0.1) is 0 Å². The zero-order valence-electron chi connectivity index (χ0n) is 80.5. The molecule has 644 valence electrons. The normalized spacial score (nSPS) is 12.6. The smallest absolute Gasteiger partial charge is 0.158 e. The lowest BCUT2D eigenvalue weighted by Crippen LogP contribution is -2.10. The van der Waals surface area contributed by atoms with Crippen molar-refractivity contribution in [2.75, 3.05) is 0 Å². The van der Waals surface area contributed by atoms with Gasteiger partial charge in [0.25, 0.3) is 0 Å². The van der Waals surface area contributed by atoms with E-state index in [9.17, 15) is 0 Å². The fourth-order valence-corrected chi connectivity index (χ4v) is 17.7. The number of imidazole rings is 1. The Morgan fingerprint density at radius 2 is 0.289 bits per heavy atom. The van der Waals surface area contributed by atoms with Crippen LogP contribution in [0.15, 0.2) is 328 Å². The van der Waals surface area contributed by atoms with Crippen LogP contribution in [-0.4, -0.2) is 14.5 Å². The van der Waals surface area contributed by atoms with Crippen molar-refractivity contribution < 1.29 is 0 Å². The van der Waals surface area contributed by atoms with Crippen molar-refractivity contribution in [3.63, 3.8) is 0 Å². The van der Waals surface area contributed by atoms with Gasteiger partial charge >= 0.3 is 0 Å². The van der Waals surface area contributed by atoms with Crippen LogP contribution in [0.25, 0.3) is 167 Å². The first-order chi connectivity index (χ1) is 60.3. The van der Waals surface area contributed by atoms with Crippen LogP contribution in [0.4, 0.5) is 0 Å². The Bertz CT molecular complexity index is 6060. The molecule has 2 aromatic heterocycles. The van der Waals surface area contributed by atoms with Crippen LogP contribution in [0.3, 0.4) is 0 Å². The second-order valence-corrected chi connectivity index (χ2v) is 44.4. The van der Waals surface area contributed by atoms with Crippen molar-refractivity contribution in [1.82, 2.24) is 14.5 Å². The summed E-state index contributed by atoms with van der Waals surface area (Å²) in [6.45, 7) is 54.9. The predicted octanol–water partition coefficient (Wildman–Crippen LogP) is 35.2. The Morgan fingerprint density at radius 3 is 0.438 bits per heavy atom. The van der Waals surface area contributed by atoms with Gasteiger partial charge in [0.2, 0.25) is 0 Å². The maximum atomic E-state index is 5.49. The Labute approximate surface area is 765 Å². The summed E-state index contributed by atoms with van der Waals surface area (Å²) < 4.78 is 2.24. The van der Waals surface area contributed by atoms with Crippen LogP contribution in [0.5, 0.6) is 0 Å². The molecule has 0 amide bonds. The minimum Gasteiger partial charge on any atom is -0.326 e. The van der Waals surface area contributed by atoms with E-state index in [1.165, 1.54) is 89.0 Å². The molecule has 0 atom stereocenters. The van der Waals surface area contributed by atoms with Gasteiger partial charge in [-0.3, -0.25) is 4.98 Å². The molecule has 0 saturated heterocycles. The van der Waals surface area contributed by atoms with E-state index < -0.39 is 0 Å². The summed E-state index contributed by atoms with van der Waals surface area (Å²) in [6.07, 6.45) is 4.11. The zero-order valence-corrected chi connectivity index (χ0v) is 80.5. The molecule has 0 bridgehead atoms. The number of nitrogens with zero attached hydrogens (tertiary/aromatic N) is 3. The standard InChI is InChI=1S/C125H129N3/c1-118(2,3)107-43-26-80(27-44-107)89-60-90(81-28-45-108(46-29-81)119(4,5)6)65-98(64-89)102-72-97(73-103(74-102)99-66-91(82-30-47-109(48-31-82)120(7,8)9)61-92(67-99)83-32-49-110(50-33-83)121(10,11)12)88-42-59-115(126-78-88)117-127-79-116(128(117)25)106-76-104(100-68-93(84-34-51-111(52-35-84)122(13,14)15)62-94(69-100)85-36-53-112(54-37-85)123(16,17)18)75-105(77-106)101-70-95(86-38-55-113(56-39-86)124(19,20)21)63-96(71-101)87-40-57-114(58-41-87)125(22,23)24/h26-79H,1-25H3. The Hall–Kier alpha value is -12.6. The Kier molecular flexibility index (Phi) is 23.5. The highest BCUT2D eigenvalue weighted by Crippen LogP contribution is 2.46. The molecule has 3 nitrogen and oxygen atoms in total. The van der Waals surface area contributed by atoms with Crippen LogP contribution in [0.1, 0.15) is 211 Å². The monoisotopic (exact) mass is 1670 g/mol. The van der Waals surface area contributed by atoms with Gasteiger partial charge in [0.15, 0.2) is 5.82 Å². The van der Waals surface area contributed by atoms with Gasteiger partial charge in [-0.1, -0.05) is 366 Å². The molecule has 2 heterocycles. The summed E-state index contributed by atoms with van der Waals surface area (Å²) in [5.41, 5.74) is 42.9. The fourth-order valence-electron chi connectivity index (χ4n) is 17.7. The van der Waals surface area contributed by atoms with E-state index in [1.54, 1.807) is 0 Å². The van der Waals surface area contributed by atoms with Gasteiger partial charge in [0.05, 0.1) is 11.9 Å². The molecule has 128 heavy (non-hydrogen) atoms. The minimum atomic E-state index is 0.00598. The Morgan fingerprint density at radius 1 is 0.148 bits per heavy atom. The fraction of sp³-hybridized carbons (Fsp3) is 0.264. The molecule has 0 aliphatic rings. The first-order valence-electron chi connectivity index (χ1n) is 46.1. The molecule has 0 N–H and O–H groups in total. The highest BCUT2D eigenvalue weighted by atomic mass is 15.1. The topological polar surface area (TPSA) is 30.7 Å². The first kappa shape index (κ1) is 88.9. The lowest BCUT2D eigenvalue weighted by Gasteiger charge is -2.20. The van der Waals surface area contributed by atoms with Gasteiger partial charge in [-0.15, -0.1) is 0 Å². The zero-order chi connectivity index (χ0) is 91.1. The van der Waals surface area contributed by atoms with Crippen molar-refractivity contribution in [1.29, 1.82) is 0 Å². The van der Waals surface area contributed by atoms with Crippen molar-refractivity contribution in [2.45, 2.75) is 209 Å². The highest BCUT2D eigenvalue weighted by Gasteiger charge is 2.26. The van der Waals surface area contributed by atoms with Crippen LogP contribution >= 0.6 is 0 Å². The first-order valence-corrected chi connectivity index (χ1v) is 46.1. The molecule has 0 spiro atoms. The largest absolute Gasteiger partial charge is 0.326 e. The van der Waals surface area contributed by atoms with E-state index >= 15 is 0 Å². The van der Waals surface area contributed by atoms with Crippen LogP contribution < -0.4 is 0 Å². The lowest BCUT2D eigenvalue weighted by molar-refractivity contribution is 0.590. The van der Waals surface area contributed by atoms with E-state index in [4.69, 9.17) is 9.97 Å². The van der Waals surface area contributed by atoms with Gasteiger partial charge in [-0.2, -0.15) is 0 Å². The van der Waals surface area contributed by atoms with Gasteiger partial charge in [0.1, 0.15) is 5.69 Å². The number of benzene rings is 14. The number of pyridine rings is 1. The van der Waals surface area contributed by atoms with Crippen molar-refractivity contribution >= 4 is 0 Å². The van der Waals surface area contributed by atoms with Gasteiger partial charge < -0.3 is 4.57 Å². The summed E-state index contributed by atoms with van der Waals surface area (Å²) in [4.78, 5) is 10.9. The van der Waals surface area contributed by atoms with Crippen molar-refractivity contribution in [3.05, 3.63) is 372 Å². The van der Waals surface area contributed by atoms with Crippen LogP contribution in [0.2, 0.25) is 0 Å².